The van der Waals surface area contributed by atoms with E-state index in [0.717, 1.165) is 43.9 Å². The number of benzene rings is 1. The molecule has 1 aromatic carbocycles. The number of nitrogens with two attached hydrogens (primary N) is 1. The minimum Gasteiger partial charge on any atom is -0.370 e. The summed E-state index contributed by atoms with van der Waals surface area (Å²) in [5.41, 5.74) is 8.32. The van der Waals surface area contributed by atoms with Crippen molar-refractivity contribution in [2.45, 2.75) is 6.42 Å². The zero-order chi connectivity index (χ0) is 16.8. The second-order valence-corrected chi connectivity index (χ2v) is 5.80. The Morgan fingerprint density at radius 3 is 2.54 bits per heavy atom. The lowest BCUT2D eigenvalue weighted by Crippen LogP contribution is -2.51. The average Bonchev–Trinajstić information content (AvgIpc) is 2.63. The first-order valence-electron chi connectivity index (χ1n) is 8.16. The zero-order valence-corrected chi connectivity index (χ0v) is 13.6. The number of aliphatic imine (C=N–C) groups is 1. The molecule has 0 radical (unpaired) electrons. The number of hydrogen-bond donors (Lipinski definition) is 1. The van der Waals surface area contributed by atoms with Crippen LogP contribution in [0.15, 0.2) is 53.8 Å². The molecule has 0 spiro atoms. The summed E-state index contributed by atoms with van der Waals surface area (Å²) in [7, 11) is 0. The molecule has 3 rings (SSSR count). The normalized spacial score (nSPS) is 15.6. The molecule has 2 N–H and O–H groups in total. The summed E-state index contributed by atoms with van der Waals surface area (Å²) in [4.78, 5) is 12.9. The number of piperazine rings is 1. The minimum absolute atomic E-state index is 0.206. The highest BCUT2D eigenvalue weighted by molar-refractivity contribution is 5.78. The van der Waals surface area contributed by atoms with Gasteiger partial charge in [-0.3, -0.25) is 9.98 Å². The molecule has 2 aromatic rings. The number of aromatic nitrogens is 1. The van der Waals surface area contributed by atoms with Crippen molar-refractivity contribution >= 4 is 11.6 Å². The van der Waals surface area contributed by atoms with Crippen LogP contribution in [0.4, 0.5) is 10.1 Å². The SMILES string of the molecule is NC(=NCCc1cccnc1)N1CCN(c2ccc(F)cc2)CC1. The van der Waals surface area contributed by atoms with Gasteiger partial charge in [-0.25, -0.2) is 4.39 Å². The number of guanidine groups is 1. The van der Waals surface area contributed by atoms with Gasteiger partial charge in [-0.2, -0.15) is 0 Å². The second kappa shape index (κ2) is 7.77. The van der Waals surface area contributed by atoms with Crippen LogP contribution in [-0.4, -0.2) is 48.6 Å². The summed E-state index contributed by atoms with van der Waals surface area (Å²) >= 11 is 0. The van der Waals surface area contributed by atoms with Crippen LogP contribution in [0.2, 0.25) is 0 Å². The Morgan fingerprint density at radius 1 is 1.12 bits per heavy atom. The first-order valence-corrected chi connectivity index (χ1v) is 8.16. The topological polar surface area (TPSA) is 57.8 Å². The molecule has 1 saturated heterocycles. The Labute approximate surface area is 141 Å². The highest BCUT2D eigenvalue weighted by Gasteiger charge is 2.18. The van der Waals surface area contributed by atoms with Crippen molar-refractivity contribution in [1.82, 2.24) is 9.88 Å². The van der Waals surface area contributed by atoms with Gasteiger partial charge in [0.05, 0.1) is 0 Å². The molecule has 126 valence electrons. The van der Waals surface area contributed by atoms with Crippen molar-refractivity contribution in [3.8, 4) is 0 Å². The molecule has 6 heteroatoms. The van der Waals surface area contributed by atoms with Crippen molar-refractivity contribution in [2.75, 3.05) is 37.6 Å². The van der Waals surface area contributed by atoms with Gasteiger partial charge in [-0.15, -0.1) is 0 Å². The van der Waals surface area contributed by atoms with E-state index in [2.05, 4.69) is 19.8 Å². The molecule has 2 heterocycles. The van der Waals surface area contributed by atoms with Gasteiger partial charge >= 0.3 is 0 Å². The molecule has 0 atom stereocenters. The molecule has 1 aliphatic heterocycles. The predicted molar refractivity (Wildman–Crippen MR) is 94.6 cm³/mol. The molecule has 0 amide bonds. The van der Waals surface area contributed by atoms with Crippen LogP contribution >= 0.6 is 0 Å². The van der Waals surface area contributed by atoms with E-state index in [1.165, 1.54) is 12.1 Å². The van der Waals surface area contributed by atoms with E-state index in [-0.39, 0.29) is 5.82 Å². The maximum Gasteiger partial charge on any atom is 0.191 e. The molecule has 0 bridgehead atoms. The monoisotopic (exact) mass is 327 g/mol. The van der Waals surface area contributed by atoms with Gasteiger partial charge in [0.2, 0.25) is 0 Å². The van der Waals surface area contributed by atoms with E-state index in [0.29, 0.717) is 12.5 Å². The van der Waals surface area contributed by atoms with Crippen molar-refractivity contribution in [3.05, 3.63) is 60.2 Å². The molecule has 0 unspecified atom stereocenters. The van der Waals surface area contributed by atoms with E-state index >= 15 is 0 Å². The molecular formula is C18H22FN5. The first kappa shape index (κ1) is 16.2. The van der Waals surface area contributed by atoms with Crippen LogP contribution in [0.1, 0.15) is 5.56 Å². The van der Waals surface area contributed by atoms with E-state index in [1.807, 2.05) is 30.5 Å². The van der Waals surface area contributed by atoms with Crippen LogP contribution in [-0.2, 0) is 6.42 Å². The number of pyridine rings is 1. The van der Waals surface area contributed by atoms with E-state index in [9.17, 15) is 4.39 Å². The quantitative estimate of drug-likeness (QED) is 0.688. The summed E-state index contributed by atoms with van der Waals surface area (Å²) in [6, 6.07) is 10.6. The molecular weight excluding hydrogens is 305 g/mol. The summed E-state index contributed by atoms with van der Waals surface area (Å²) in [6.45, 7) is 4.00. The third-order valence-electron chi connectivity index (χ3n) is 4.19. The Hall–Kier alpha value is -2.63. The van der Waals surface area contributed by atoms with Gasteiger partial charge in [0, 0.05) is 50.8 Å². The maximum absolute atomic E-state index is 13.0. The lowest BCUT2D eigenvalue weighted by molar-refractivity contribution is 0.381. The van der Waals surface area contributed by atoms with Crippen molar-refractivity contribution in [1.29, 1.82) is 0 Å². The summed E-state index contributed by atoms with van der Waals surface area (Å²) in [5.74, 6) is 0.389. The van der Waals surface area contributed by atoms with Gasteiger partial charge in [0.25, 0.3) is 0 Å². The van der Waals surface area contributed by atoms with Crippen molar-refractivity contribution < 1.29 is 4.39 Å². The second-order valence-electron chi connectivity index (χ2n) is 5.80. The highest BCUT2D eigenvalue weighted by atomic mass is 19.1. The van der Waals surface area contributed by atoms with E-state index in [1.54, 1.807) is 6.20 Å². The fourth-order valence-corrected chi connectivity index (χ4v) is 2.79. The highest BCUT2D eigenvalue weighted by Crippen LogP contribution is 2.16. The molecule has 1 aliphatic rings. The summed E-state index contributed by atoms with van der Waals surface area (Å²) < 4.78 is 13.0. The number of nitrogens with zero attached hydrogens (tertiary/aromatic N) is 4. The van der Waals surface area contributed by atoms with Gasteiger partial charge in [0.1, 0.15) is 5.82 Å². The Balaban J connectivity index is 1.48. The Bertz CT molecular complexity index is 664. The lowest BCUT2D eigenvalue weighted by atomic mass is 10.2. The smallest absolute Gasteiger partial charge is 0.191 e. The van der Waals surface area contributed by atoms with Crippen LogP contribution in [0, 0.1) is 5.82 Å². The van der Waals surface area contributed by atoms with Crippen LogP contribution in [0.3, 0.4) is 0 Å². The van der Waals surface area contributed by atoms with Crippen molar-refractivity contribution in [3.63, 3.8) is 0 Å². The summed E-state index contributed by atoms with van der Waals surface area (Å²) in [6.07, 6.45) is 4.46. The van der Waals surface area contributed by atoms with E-state index in [4.69, 9.17) is 5.73 Å². The van der Waals surface area contributed by atoms with E-state index < -0.39 is 0 Å². The van der Waals surface area contributed by atoms with Crippen molar-refractivity contribution in [2.24, 2.45) is 10.7 Å². The third kappa shape index (κ3) is 4.22. The molecule has 0 aliphatic carbocycles. The van der Waals surface area contributed by atoms with Crippen LogP contribution < -0.4 is 10.6 Å². The molecule has 0 saturated carbocycles. The first-order chi connectivity index (χ1) is 11.7. The average molecular weight is 327 g/mol. The summed E-state index contributed by atoms with van der Waals surface area (Å²) in [5, 5.41) is 0. The molecule has 5 nitrogen and oxygen atoms in total. The standard InChI is InChI=1S/C18H22FN5/c19-16-3-5-17(6-4-16)23-10-12-24(13-11-23)18(20)22-9-7-15-2-1-8-21-14-15/h1-6,8,14H,7,9-13H2,(H2,20,22). The zero-order valence-electron chi connectivity index (χ0n) is 13.6. The number of anilines is 1. The van der Waals surface area contributed by atoms with Gasteiger partial charge in [-0.1, -0.05) is 6.07 Å². The minimum atomic E-state index is -0.206. The number of hydrogen-bond acceptors (Lipinski definition) is 3. The van der Waals surface area contributed by atoms with Gasteiger partial charge in [-0.05, 0) is 42.3 Å². The third-order valence-corrected chi connectivity index (χ3v) is 4.19. The van der Waals surface area contributed by atoms with Gasteiger partial charge in [0.15, 0.2) is 5.96 Å². The molecule has 1 fully saturated rings. The Kier molecular flexibility index (Phi) is 5.25. The predicted octanol–water partition coefficient (Wildman–Crippen LogP) is 1.90. The largest absolute Gasteiger partial charge is 0.370 e. The molecule has 24 heavy (non-hydrogen) atoms. The van der Waals surface area contributed by atoms with Crippen LogP contribution in [0.25, 0.3) is 0 Å². The lowest BCUT2D eigenvalue weighted by Gasteiger charge is -2.36. The van der Waals surface area contributed by atoms with Crippen LogP contribution in [0.5, 0.6) is 0 Å². The maximum atomic E-state index is 13.0. The number of rotatable bonds is 4. The fraction of sp³-hybridized carbons (Fsp3) is 0.333. The Morgan fingerprint density at radius 2 is 1.88 bits per heavy atom. The van der Waals surface area contributed by atoms with Gasteiger partial charge < -0.3 is 15.5 Å². The molecule has 1 aromatic heterocycles. The fourth-order valence-electron chi connectivity index (χ4n) is 2.79. The number of halogens is 1.